The van der Waals surface area contributed by atoms with E-state index in [0.29, 0.717) is 44.0 Å². The molecule has 0 bridgehead atoms. The summed E-state index contributed by atoms with van der Waals surface area (Å²) >= 11 is 0. The van der Waals surface area contributed by atoms with Crippen LogP contribution in [0.5, 0.6) is 0 Å². The number of benzene rings is 1. The SMILES string of the molecule is CCN(CC)S(=O)(=O)c1ccc(CCC(=O)NCCCOC(C)C)cc1. The first-order valence-electron chi connectivity index (χ1n) is 9.28. The Kier molecular flexibility index (Phi) is 9.83. The predicted octanol–water partition coefficient (Wildman–Crippen LogP) is 2.58. The third-order valence-electron chi connectivity index (χ3n) is 4.00. The fraction of sp³-hybridized carbons (Fsp3) is 0.632. The largest absolute Gasteiger partial charge is 0.379 e. The fourth-order valence-corrected chi connectivity index (χ4v) is 3.96. The molecule has 0 saturated carbocycles. The first-order chi connectivity index (χ1) is 12.3. The van der Waals surface area contributed by atoms with E-state index in [9.17, 15) is 13.2 Å². The van der Waals surface area contributed by atoms with Crippen LogP contribution in [0.25, 0.3) is 0 Å². The van der Waals surface area contributed by atoms with E-state index in [0.717, 1.165) is 12.0 Å². The van der Waals surface area contributed by atoms with Crippen LogP contribution >= 0.6 is 0 Å². The number of ether oxygens (including phenoxy) is 1. The van der Waals surface area contributed by atoms with Gasteiger partial charge in [0.2, 0.25) is 15.9 Å². The molecule has 148 valence electrons. The van der Waals surface area contributed by atoms with E-state index in [4.69, 9.17) is 4.74 Å². The second kappa shape index (κ2) is 11.3. The van der Waals surface area contributed by atoms with Gasteiger partial charge in [0.25, 0.3) is 0 Å². The first-order valence-corrected chi connectivity index (χ1v) is 10.7. The van der Waals surface area contributed by atoms with Crippen LogP contribution in [0.15, 0.2) is 29.2 Å². The monoisotopic (exact) mass is 384 g/mol. The van der Waals surface area contributed by atoms with Gasteiger partial charge in [0.05, 0.1) is 11.0 Å². The second-order valence-corrected chi connectivity index (χ2v) is 8.29. The Bertz CT molecular complexity index is 638. The highest BCUT2D eigenvalue weighted by Gasteiger charge is 2.21. The van der Waals surface area contributed by atoms with Crippen LogP contribution in [0.2, 0.25) is 0 Å². The normalized spacial score (nSPS) is 11.9. The number of nitrogens with zero attached hydrogens (tertiary/aromatic N) is 1. The number of hydrogen-bond acceptors (Lipinski definition) is 4. The number of aryl methyl sites for hydroxylation is 1. The molecule has 0 saturated heterocycles. The third kappa shape index (κ3) is 7.43. The summed E-state index contributed by atoms with van der Waals surface area (Å²) in [5.74, 6) is -0.00520. The third-order valence-corrected chi connectivity index (χ3v) is 6.07. The maximum atomic E-state index is 12.4. The van der Waals surface area contributed by atoms with Crippen LogP contribution < -0.4 is 5.32 Å². The molecule has 0 radical (unpaired) electrons. The summed E-state index contributed by atoms with van der Waals surface area (Å²) in [6.45, 7) is 9.75. The molecule has 0 unspecified atom stereocenters. The van der Waals surface area contributed by atoms with E-state index in [2.05, 4.69) is 5.32 Å². The topological polar surface area (TPSA) is 75.7 Å². The lowest BCUT2D eigenvalue weighted by Crippen LogP contribution is -2.30. The summed E-state index contributed by atoms with van der Waals surface area (Å²) in [5, 5.41) is 2.87. The first kappa shape index (κ1) is 22.6. The molecule has 7 heteroatoms. The average Bonchev–Trinajstić information content (AvgIpc) is 2.60. The molecule has 0 atom stereocenters. The predicted molar refractivity (Wildman–Crippen MR) is 104 cm³/mol. The van der Waals surface area contributed by atoms with Gasteiger partial charge in [-0.05, 0) is 44.4 Å². The van der Waals surface area contributed by atoms with Crippen molar-refractivity contribution < 1.29 is 17.9 Å². The van der Waals surface area contributed by atoms with E-state index < -0.39 is 10.0 Å². The number of rotatable bonds is 12. The molecule has 6 nitrogen and oxygen atoms in total. The Morgan fingerprint density at radius 3 is 2.31 bits per heavy atom. The zero-order valence-electron chi connectivity index (χ0n) is 16.3. The van der Waals surface area contributed by atoms with Crippen LogP contribution in [0.1, 0.15) is 46.1 Å². The Hall–Kier alpha value is -1.44. The van der Waals surface area contributed by atoms with Gasteiger partial charge in [-0.1, -0.05) is 26.0 Å². The molecule has 1 amide bonds. The summed E-state index contributed by atoms with van der Waals surface area (Å²) < 4.78 is 31.7. The number of carbonyl (C=O) groups is 1. The molecule has 0 fully saturated rings. The summed E-state index contributed by atoms with van der Waals surface area (Å²) in [4.78, 5) is 12.1. The minimum absolute atomic E-state index is 0.00520. The second-order valence-electron chi connectivity index (χ2n) is 6.36. The Morgan fingerprint density at radius 2 is 1.77 bits per heavy atom. The lowest BCUT2D eigenvalue weighted by molar-refractivity contribution is -0.121. The minimum Gasteiger partial charge on any atom is -0.379 e. The average molecular weight is 385 g/mol. The maximum absolute atomic E-state index is 12.4. The van der Waals surface area contributed by atoms with Crippen molar-refractivity contribution in [1.29, 1.82) is 0 Å². The lowest BCUT2D eigenvalue weighted by atomic mass is 10.1. The molecule has 0 aliphatic heterocycles. The molecule has 1 N–H and O–H groups in total. The van der Waals surface area contributed by atoms with Crippen molar-refractivity contribution in [2.75, 3.05) is 26.2 Å². The molecule has 26 heavy (non-hydrogen) atoms. The van der Waals surface area contributed by atoms with Crippen LogP contribution in [-0.2, 0) is 26.0 Å². The van der Waals surface area contributed by atoms with Crippen molar-refractivity contribution in [3.8, 4) is 0 Å². The summed E-state index contributed by atoms with van der Waals surface area (Å²) in [5.41, 5.74) is 0.946. The smallest absolute Gasteiger partial charge is 0.243 e. The Labute approximate surface area is 158 Å². The number of nitrogens with one attached hydrogen (secondary N) is 1. The van der Waals surface area contributed by atoms with Crippen molar-refractivity contribution >= 4 is 15.9 Å². The molecular formula is C19H32N2O4S. The fourth-order valence-electron chi connectivity index (χ4n) is 2.51. The van der Waals surface area contributed by atoms with Crippen molar-refractivity contribution in [3.05, 3.63) is 29.8 Å². The van der Waals surface area contributed by atoms with E-state index >= 15 is 0 Å². The highest BCUT2D eigenvalue weighted by Crippen LogP contribution is 2.16. The molecule has 1 aromatic rings. The van der Waals surface area contributed by atoms with Gasteiger partial charge in [-0.3, -0.25) is 4.79 Å². The molecule has 0 aliphatic carbocycles. The molecule has 0 aliphatic rings. The van der Waals surface area contributed by atoms with Crippen molar-refractivity contribution in [3.63, 3.8) is 0 Å². The van der Waals surface area contributed by atoms with Crippen molar-refractivity contribution in [1.82, 2.24) is 9.62 Å². The van der Waals surface area contributed by atoms with Gasteiger partial charge >= 0.3 is 0 Å². The molecular weight excluding hydrogens is 352 g/mol. The van der Waals surface area contributed by atoms with Gasteiger partial charge in [-0.25, -0.2) is 8.42 Å². The zero-order valence-corrected chi connectivity index (χ0v) is 17.1. The Balaban J connectivity index is 2.44. The van der Waals surface area contributed by atoms with E-state index in [-0.39, 0.29) is 12.0 Å². The van der Waals surface area contributed by atoms with Gasteiger partial charge < -0.3 is 10.1 Å². The maximum Gasteiger partial charge on any atom is 0.243 e. The molecule has 0 aromatic heterocycles. The standard InChI is InChI=1S/C19H32N2O4S/c1-5-21(6-2)26(23,24)18-11-8-17(9-12-18)10-13-19(22)20-14-7-15-25-16(3)4/h8-9,11-12,16H,5-7,10,13-15H2,1-4H3,(H,20,22). The van der Waals surface area contributed by atoms with Crippen LogP contribution in [0.3, 0.4) is 0 Å². The number of carbonyl (C=O) groups excluding carboxylic acids is 1. The van der Waals surface area contributed by atoms with E-state index in [1.807, 2.05) is 27.7 Å². The van der Waals surface area contributed by atoms with Gasteiger partial charge in [-0.2, -0.15) is 4.31 Å². The van der Waals surface area contributed by atoms with Crippen LogP contribution in [0.4, 0.5) is 0 Å². The van der Waals surface area contributed by atoms with E-state index in [1.165, 1.54) is 4.31 Å². The van der Waals surface area contributed by atoms with Crippen LogP contribution in [-0.4, -0.2) is 51.0 Å². The quantitative estimate of drug-likeness (QED) is 0.562. The highest BCUT2D eigenvalue weighted by atomic mass is 32.2. The van der Waals surface area contributed by atoms with E-state index in [1.54, 1.807) is 24.3 Å². The Morgan fingerprint density at radius 1 is 1.15 bits per heavy atom. The molecule has 1 rings (SSSR count). The molecule has 1 aromatic carbocycles. The number of amides is 1. The minimum atomic E-state index is -3.43. The summed E-state index contributed by atoms with van der Waals surface area (Å²) in [6, 6.07) is 6.79. The number of hydrogen-bond donors (Lipinski definition) is 1. The molecule has 0 heterocycles. The van der Waals surface area contributed by atoms with Crippen molar-refractivity contribution in [2.24, 2.45) is 0 Å². The zero-order chi connectivity index (χ0) is 19.6. The van der Waals surface area contributed by atoms with Crippen LogP contribution in [0, 0.1) is 0 Å². The molecule has 0 spiro atoms. The lowest BCUT2D eigenvalue weighted by Gasteiger charge is -2.18. The van der Waals surface area contributed by atoms with Crippen molar-refractivity contribution in [2.45, 2.75) is 58.0 Å². The van der Waals surface area contributed by atoms with Gasteiger partial charge in [0, 0.05) is 32.7 Å². The number of sulfonamides is 1. The highest BCUT2D eigenvalue weighted by molar-refractivity contribution is 7.89. The summed E-state index contributed by atoms with van der Waals surface area (Å²) in [6.07, 6.45) is 1.97. The van der Waals surface area contributed by atoms with Gasteiger partial charge in [0.15, 0.2) is 0 Å². The summed E-state index contributed by atoms with van der Waals surface area (Å²) in [7, 11) is -3.43. The van der Waals surface area contributed by atoms with Gasteiger partial charge in [0.1, 0.15) is 0 Å². The van der Waals surface area contributed by atoms with Gasteiger partial charge in [-0.15, -0.1) is 0 Å².